The summed E-state index contributed by atoms with van der Waals surface area (Å²) in [6.07, 6.45) is -7.01. The Morgan fingerprint density at radius 1 is 0.456 bits per heavy atom. The predicted octanol–water partition coefficient (Wildman–Crippen LogP) is 1.69. The third-order valence-corrected chi connectivity index (χ3v) is 22.3. The van der Waals surface area contributed by atoms with E-state index in [4.69, 9.17) is 47.4 Å². The van der Waals surface area contributed by atoms with Gasteiger partial charge in [0.2, 0.25) is 17.7 Å². The number of carbonyl (C=O) groups excluding carboxylic acids is 3. The fourth-order valence-electron chi connectivity index (χ4n) is 15.6. The van der Waals surface area contributed by atoms with Crippen molar-refractivity contribution in [3.63, 3.8) is 0 Å². The van der Waals surface area contributed by atoms with E-state index in [2.05, 4.69) is 29.8 Å². The number of ether oxygens (including phenoxy) is 10. The van der Waals surface area contributed by atoms with Gasteiger partial charge in [-0.1, -0.05) is 225 Å². The van der Waals surface area contributed by atoms with Crippen molar-refractivity contribution in [1.29, 1.82) is 0 Å². The smallest absolute Gasteiger partial charge is 0.364 e. The number of carboxylic acid groups (broad SMARTS) is 1. The molecule has 5 heterocycles. The molecule has 20 N–H and O–H groups in total. The number of amides is 3. The fraction of sp³-hybridized carbons (Fsp3) is 0.925. The highest BCUT2D eigenvalue weighted by molar-refractivity contribution is 5.77. The fourth-order valence-corrected chi connectivity index (χ4v) is 15.6. The minimum atomic E-state index is -3.38. The molecule has 3 amide bonds. The first-order valence-corrected chi connectivity index (χ1v) is 42.6. The van der Waals surface area contributed by atoms with Gasteiger partial charge in [0.25, 0.3) is 5.79 Å². The molecule has 0 aliphatic carbocycles. The molecule has 5 fully saturated rings. The summed E-state index contributed by atoms with van der Waals surface area (Å²) in [7, 11) is 0. The molecule has 34 heteroatoms. The Kier molecular flexibility index (Phi) is 49.2. The third-order valence-electron chi connectivity index (χ3n) is 22.3. The lowest BCUT2D eigenvalue weighted by Crippen LogP contribution is -2.72. The second kappa shape index (κ2) is 55.5. The van der Waals surface area contributed by atoms with Crippen molar-refractivity contribution in [1.82, 2.24) is 16.0 Å². The number of hydrogen-bond acceptors (Lipinski definition) is 30. The van der Waals surface area contributed by atoms with Crippen LogP contribution in [0.4, 0.5) is 0 Å². The van der Waals surface area contributed by atoms with E-state index < -0.39 is 235 Å². The lowest BCUT2D eigenvalue weighted by Gasteiger charge is -2.52. The molecule has 0 spiro atoms. The molecule has 0 radical (unpaired) electrons. The third kappa shape index (κ3) is 32.9. The van der Waals surface area contributed by atoms with Crippen molar-refractivity contribution in [2.75, 3.05) is 39.6 Å². The SMILES string of the molecule is CCCCCCCCCCCCC/C=C/C(O)C(COC1OC(CO)C(OC2OC(CO)C(OC3OC(CO)C(O)C(OC4OC(CO)C(O)C(O)[C@H]4O)C3NC(C)=O)C(O[C@]3(C(=O)O)CC(O)[C@@H](NC(C)=O)C([C@@H](O)[C@@H](O)CO)O3)C2O)C(O)C1O)NC(=O)CCCCCCCCCCCCCCCCCCCCCCCC. The molecule has 5 rings (SSSR count). The molecular weight excluding hydrogens is 1500 g/mol. The molecule has 34 nitrogen and oxygen atoms in total. The lowest BCUT2D eigenvalue weighted by molar-refractivity contribution is -0.403. The maximum atomic E-state index is 13.8. The molecule has 5 saturated heterocycles. The molecule has 0 bridgehead atoms. The van der Waals surface area contributed by atoms with Crippen LogP contribution in [0.15, 0.2) is 12.2 Å². The van der Waals surface area contributed by atoms with Crippen LogP contribution in [0.3, 0.4) is 0 Å². The monoisotopic (exact) mass is 1640 g/mol. The number of unbranched alkanes of at least 4 members (excludes halogenated alkanes) is 32. The largest absolute Gasteiger partial charge is 0.477 e. The van der Waals surface area contributed by atoms with Crippen molar-refractivity contribution in [3.8, 4) is 0 Å². The van der Waals surface area contributed by atoms with E-state index in [-0.39, 0.29) is 12.3 Å². The van der Waals surface area contributed by atoms with Crippen molar-refractivity contribution in [3.05, 3.63) is 12.2 Å². The standard InChI is InChI=1S/C80H145N3O31/c1-5-7-9-11-13-15-17-19-20-21-22-23-24-25-26-27-29-31-33-35-37-39-41-59(94)83-51(52(91)40-38-36-34-32-30-28-18-16-14-12-10-8-6-2)48-105-76-68(101)66(99)70(57(46-87)108-76)110-78-69(102)74(114-80(79(103)104)42-53(92)60(81-49(3)89)73(113-80)62(95)54(93)43-84)71(58(47-88)109-78)111-75-61(82-50(4)90)72(64(97)56(45-86)106-75)112-77-67(100)65(98)63(96)55(44-85)107-77/h38,40,51-58,60-78,84-88,91-93,95-102H,5-37,39,41-48H2,1-4H3,(H,81,89)(H,82,90)(H,83,94)(H,103,104)/b40-38+/t51?,52?,53?,54-,55?,56?,57?,58?,60+,61?,62-,63?,64?,65?,66?,67+,68?,69?,70?,71?,72?,73?,74?,75?,76?,77?,78?,80-/m0/s1. The Hall–Kier alpha value is -3.42. The van der Waals surface area contributed by atoms with Crippen LogP contribution in [0.5, 0.6) is 0 Å². The number of allylic oxidation sites excluding steroid dienone is 1. The molecule has 0 saturated carbocycles. The van der Waals surface area contributed by atoms with Crippen molar-refractivity contribution in [2.24, 2.45) is 0 Å². The van der Waals surface area contributed by atoms with Gasteiger partial charge in [0.15, 0.2) is 25.2 Å². The van der Waals surface area contributed by atoms with Crippen LogP contribution < -0.4 is 16.0 Å². The number of aliphatic carboxylic acids is 1. The maximum absolute atomic E-state index is 13.8. The van der Waals surface area contributed by atoms with E-state index in [0.29, 0.717) is 12.8 Å². The summed E-state index contributed by atoms with van der Waals surface area (Å²) in [6.45, 7) is 0.360. The maximum Gasteiger partial charge on any atom is 0.364 e. The van der Waals surface area contributed by atoms with Crippen LogP contribution in [0.1, 0.15) is 259 Å². The second-order valence-electron chi connectivity index (χ2n) is 31.8. The summed E-state index contributed by atoms with van der Waals surface area (Å²) >= 11 is 0. The summed E-state index contributed by atoms with van der Waals surface area (Å²) < 4.78 is 60.2. The average Bonchev–Trinajstić information content (AvgIpc) is 0.745. The van der Waals surface area contributed by atoms with E-state index in [1.807, 2.05) is 6.08 Å². The van der Waals surface area contributed by atoms with Gasteiger partial charge in [-0.3, -0.25) is 14.4 Å². The van der Waals surface area contributed by atoms with Gasteiger partial charge in [0.05, 0.1) is 63.9 Å². The zero-order valence-corrected chi connectivity index (χ0v) is 67.8. The first-order valence-electron chi connectivity index (χ1n) is 42.6. The first kappa shape index (κ1) is 101. The molecule has 5 aliphatic rings. The van der Waals surface area contributed by atoms with Crippen molar-refractivity contribution < 1.29 is 153 Å². The summed E-state index contributed by atoms with van der Waals surface area (Å²) in [5.74, 6) is -7.70. The zero-order valence-electron chi connectivity index (χ0n) is 67.8. The highest BCUT2D eigenvalue weighted by Gasteiger charge is 2.62. The molecule has 0 aromatic heterocycles. The number of aliphatic hydroxyl groups is 16. The van der Waals surface area contributed by atoms with E-state index in [9.17, 15) is 106 Å². The molecule has 0 aromatic rings. The van der Waals surface area contributed by atoms with Gasteiger partial charge in [-0.15, -0.1) is 0 Å². The van der Waals surface area contributed by atoms with Gasteiger partial charge in [0.1, 0.15) is 116 Å². The van der Waals surface area contributed by atoms with Gasteiger partial charge >= 0.3 is 5.97 Å². The number of carbonyl (C=O) groups is 4. The number of aliphatic hydroxyl groups excluding tert-OH is 16. The van der Waals surface area contributed by atoms with Crippen molar-refractivity contribution >= 4 is 23.7 Å². The number of hydrogen-bond donors (Lipinski definition) is 20. The van der Waals surface area contributed by atoms with E-state index in [1.165, 1.54) is 148 Å². The normalized spacial score (nSPS) is 33.2. The van der Waals surface area contributed by atoms with Gasteiger partial charge in [-0.2, -0.15) is 0 Å². The van der Waals surface area contributed by atoms with Crippen LogP contribution >= 0.6 is 0 Å². The van der Waals surface area contributed by atoms with E-state index in [1.54, 1.807) is 6.08 Å². The summed E-state index contributed by atoms with van der Waals surface area (Å²) in [5.41, 5.74) is 0. The first-order chi connectivity index (χ1) is 54.8. The summed E-state index contributed by atoms with van der Waals surface area (Å²) in [6, 6.07) is -4.81. The molecule has 666 valence electrons. The summed E-state index contributed by atoms with van der Waals surface area (Å²) in [4.78, 5) is 53.1. The molecule has 114 heavy (non-hydrogen) atoms. The van der Waals surface area contributed by atoms with Crippen LogP contribution in [0.2, 0.25) is 0 Å². The van der Waals surface area contributed by atoms with E-state index in [0.717, 1.165) is 71.6 Å². The molecular formula is C80H145N3O31. The average molecular weight is 1650 g/mol. The Morgan fingerprint density at radius 3 is 1.35 bits per heavy atom. The minimum Gasteiger partial charge on any atom is -0.477 e. The van der Waals surface area contributed by atoms with Gasteiger partial charge in [-0.05, 0) is 19.3 Å². The summed E-state index contributed by atoms with van der Waals surface area (Å²) in [5, 5.41) is 197. The number of nitrogens with one attached hydrogen (secondary N) is 3. The zero-order chi connectivity index (χ0) is 83.7. The van der Waals surface area contributed by atoms with Gasteiger partial charge in [-0.25, -0.2) is 4.79 Å². The highest BCUT2D eigenvalue weighted by Crippen LogP contribution is 2.41. The van der Waals surface area contributed by atoms with Gasteiger partial charge < -0.3 is 150 Å². The molecule has 5 aliphatic heterocycles. The number of rotatable bonds is 59. The van der Waals surface area contributed by atoms with Crippen molar-refractivity contribution in [2.45, 2.75) is 430 Å². The van der Waals surface area contributed by atoms with Crippen LogP contribution in [0.25, 0.3) is 0 Å². The lowest BCUT2D eigenvalue weighted by atomic mass is 9.88. The quantitative estimate of drug-likeness (QED) is 0.0304. The Morgan fingerprint density at radius 2 is 0.868 bits per heavy atom. The predicted molar refractivity (Wildman–Crippen MR) is 411 cm³/mol. The second-order valence-corrected chi connectivity index (χ2v) is 31.8. The van der Waals surface area contributed by atoms with E-state index >= 15 is 0 Å². The Balaban J connectivity index is 1.33. The topological polar surface area (TPSA) is 541 Å². The number of carboxylic acids is 1. The molecule has 28 atom stereocenters. The minimum absolute atomic E-state index is 0.136. The Bertz CT molecular complexity index is 2630. The highest BCUT2D eigenvalue weighted by atomic mass is 16.8. The van der Waals surface area contributed by atoms with Crippen LogP contribution in [0, 0.1) is 0 Å². The Labute approximate surface area is 672 Å². The molecule has 0 aromatic carbocycles. The van der Waals surface area contributed by atoms with Crippen LogP contribution in [-0.4, -0.2) is 321 Å². The van der Waals surface area contributed by atoms with Crippen LogP contribution in [-0.2, 0) is 66.5 Å². The van der Waals surface area contributed by atoms with Gasteiger partial charge in [0, 0.05) is 26.7 Å². The molecule has 23 unspecified atom stereocenters.